The molecule has 2 aromatic rings. The highest BCUT2D eigenvalue weighted by Gasteiger charge is 2.06. The van der Waals surface area contributed by atoms with Crippen LogP contribution >= 0.6 is 0 Å². The maximum atomic E-state index is 5.89. The second-order valence-corrected chi connectivity index (χ2v) is 4.88. The van der Waals surface area contributed by atoms with Crippen LogP contribution in [0.1, 0.15) is 20.8 Å². The molecule has 0 aromatic heterocycles. The van der Waals surface area contributed by atoms with E-state index >= 15 is 0 Å². The molecule has 2 aromatic carbocycles. The first kappa shape index (κ1) is 15.0. The maximum Gasteiger partial charge on any atom is 0.146 e. The van der Waals surface area contributed by atoms with Gasteiger partial charge in [-0.15, -0.1) is 0 Å². The van der Waals surface area contributed by atoms with E-state index in [2.05, 4.69) is 0 Å². The summed E-state index contributed by atoms with van der Waals surface area (Å²) in [6.07, 6.45) is 0.0591. The molecular weight excluding hydrogens is 266 g/mol. The van der Waals surface area contributed by atoms with Gasteiger partial charge in [0, 0.05) is 12.1 Å². The van der Waals surface area contributed by atoms with Crippen LogP contribution in [0.5, 0.6) is 23.0 Å². The Morgan fingerprint density at radius 3 is 2.43 bits per heavy atom. The Labute approximate surface area is 125 Å². The van der Waals surface area contributed by atoms with Gasteiger partial charge in [-0.1, -0.05) is 6.07 Å². The molecule has 0 fully saturated rings. The molecule has 2 rings (SSSR count). The summed E-state index contributed by atoms with van der Waals surface area (Å²) in [4.78, 5) is 0. The Kier molecular flexibility index (Phi) is 4.93. The van der Waals surface area contributed by atoms with Crippen molar-refractivity contribution in [3.63, 3.8) is 0 Å². The average molecular weight is 287 g/mol. The summed E-state index contributed by atoms with van der Waals surface area (Å²) in [5.74, 6) is 2.79. The molecule has 2 N–H and O–H groups in total. The summed E-state index contributed by atoms with van der Waals surface area (Å²) >= 11 is 0. The van der Waals surface area contributed by atoms with Crippen LogP contribution in [0.25, 0.3) is 0 Å². The van der Waals surface area contributed by atoms with E-state index in [4.69, 9.17) is 19.9 Å². The van der Waals surface area contributed by atoms with Crippen molar-refractivity contribution in [3.8, 4) is 23.0 Å². The van der Waals surface area contributed by atoms with E-state index in [1.54, 1.807) is 12.1 Å². The molecule has 0 bridgehead atoms. The molecule has 0 atom stereocenters. The highest BCUT2D eigenvalue weighted by Crippen LogP contribution is 2.31. The molecule has 0 amide bonds. The summed E-state index contributed by atoms with van der Waals surface area (Å²) in [7, 11) is 0. The fourth-order valence-electron chi connectivity index (χ4n) is 1.86. The van der Waals surface area contributed by atoms with Gasteiger partial charge in [0.15, 0.2) is 0 Å². The molecule has 4 nitrogen and oxygen atoms in total. The topological polar surface area (TPSA) is 53.7 Å². The van der Waals surface area contributed by atoms with Gasteiger partial charge >= 0.3 is 0 Å². The van der Waals surface area contributed by atoms with Crippen LogP contribution in [-0.4, -0.2) is 12.7 Å². The third kappa shape index (κ3) is 4.31. The number of rotatable bonds is 6. The summed E-state index contributed by atoms with van der Waals surface area (Å²) < 4.78 is 16.9. The number of ether oxygens (including phenoxy) is 3. The molecule has 21 heavy (non-hydrogen) atoms. The van der Waals surface area contributed by atoms with Crippen molar-refractivity contribution < 1.29 is 14.2 Å². The minimum Gasteiger partial charge on any atom is -0.494 e. The Bertz CT molecular complexity index is 596. The molecule has 0 aliphatic heterocycles. The molecular formula is C17H21NO3. The summed E-state index contributed by atoms with van der Waals surface area (Å²) in [5, 5.41) is 0. The van der Waals surface area contributed by atoms with Gasteiger partial charge in [0.2, 0.25) is 0 Å². The number of nitrogen functional groups attached to an aromatic ring is 1. The standard InChI is InChI=1S/C17H21NO3/c1-4-19-13-6-5-7-14(10-13)21-15-8-9-16(18)17(11-15)20-12(2)3/h5-12H,4,18H2,1-3H3. The van der Waals surface area contributed by atoms with Gasteiger partial charge in [-0.2, -0.15) is 0 Å². The third-order valence-electron chi connectivity index (χ3n) is 2.70. The first-order valence-electron chi connectivity index (χ1n) is 7.05. The fraction of sp³-hybridized carbons (Fsp3) is 0.294. The zero-order valence-corrected chi connectivity index (χ0v) is 12.6. The molecule has 0 spiro atoms. The molecule has 0 saturated heterocycles. The number of anilines is 1. The average Bonchev–Trinajstić information content (AvgIpc) is 2.43. The predicted octanol–water partition coefficient (Wildman–Crippen LogP) is 4.25. The Morgan fingerprint density at radius 2 is 1.71 bits per heavy atom. The SMILES string of the molecule is CCOc1cccc(Oc2ccc(N)c(OC(C)C)c2)c1. The molecule has 0 aliphatic rings. The van der Waals surface area contributed by atoms with Gasteiger partial charge in [-0.25, -0.2) is 0 Å². The van der Waals surface area contributed by atoms with Crippen LogP contribution in [0.3, 0.4) is 0 Å². The van der Waals surface area contributed by atoms with Gasteiger partial charge in [0.25, 0.3) is 0 Å². The van der Waals surface area contributed by atoms with Gasteiger partial charge in [-0.05, 0) is 45.0 Å². The molecule has 0 saturated carbocycles. The van der Waals surface area contributed by atoms with E-state index in [0.29, 0.717) is 29.5 Å². The highest BCUT2D eigenvalue weighted by molar-refractivity contribution is 5.56. The van der Waals surface area contributed by atoms with Gasteiger partial charge in [0.05, 0.1) is 18.4 Å². The highest BCUT2D eigenvalue weighted by atomic mass is 16.5. The van der Waals surface area contributed by atoms with Crippen LogP contribution < -0.4 is 19.9 Å². The van der Waals surface area contributed by atoms with Crippen LogP contribution in [0.2, 0.25) is 0 Å². The first-order chi connectivity index (χ1) is 10.1. The van der Waals surface area contributed by atoms with Crippen molar-refractivity contribution in [1.82, 2.24) is 0 Å². The quantitative estimate of drug-likeness (QED) is 0.807. The van der Waals surface area contributed by atoms with Crippen molar-refractivity contribution >= 4 is 5.69 Å². The lowest BCUT2D eigenvalue weighted by molar-refractivity contribution is 0.243. The van der Waals surface area contributed by atoms with Crippen LogP contribution in [0.15, 0.2) is 42.5 Å². The number of nitrogens with two attached hydrogens (primary N) is 1. The van der Waals surface area contributed by atoms with Crippen molar-refractivity contribution in [1.29, 1.82) is 0 Å². The van der Waals surface area contributed by atoms with Crippen molar-refractivity contribution in [2.75, 3.05) is 12.3 Å². The zero-order chi connectivity index (χ0) is 15.2. The minimum atomic E-state index is 0.0591. The second kappa shape index (κ2) is 6.88. The number of hydrogen-bond acceptors (Lipinski definition) is 4. The van der Waals surface area contributed by atoms with E-state index < -0.39 is 0 Å². The lowest BCUT2D eigenvalue weighted by Crippen LogP contribution is -2.07. The van der Waals surface area contributed by atoms with Gasteiger partial charge in [-0.3, -0.25) is 0 Å². The lowest BCUT2D eigenvalue weighted by Gasteiger charge is -2.14. The monoisotopic (exact) mass is 287 g/mol. The van der Waals surface area contributed by atoms with Crippen molar-refractivity contribution in [3.05, 3.63) is 42.5 Å². The van der Waals surface area contributed by atoms with E-state index in [0.717, 1.165) is 5.75 Å². The number of hydrogen-bond donors (Lipinski definition) is 1. The van der Waals surface area contributed by atoms with Crippen LogP contribution in [0.4, 0.5) is 5.69 Å². The maximum absolute atomic E-state index is 5.89. The molecule has 0 radical (unpaired) electrons. The Morgan fingerprint density at radius 1 is 1.00 bits per heavy atom. The Hall–Kier alpha value is -2.36. The normalized spacial score (nSPS) is 10.5. The second-order valence-electron chi connectivity index (χ2n) is 4.88. The van der Waals surface area contributed by atoms with Crippen LogP contribution in [-0.2, 0) is 0 Å². The molecule has 4 heteroatoms. The summed E-state index contributed by atoms with van der Waals surface area (Å²) in [5.41, 5.74) is 6.49. The largest absolute Gasteiger partial charge is 0.494 e. The van der Waals surface area contributed by atoms with E-state index in [-0.39, 0.29) is 6.10 Å². The van der Waals surface area contributed by atoms with Crippen molar-refractivity contribution in [2.45, 2.75) is 26.9 Å². The molecule has 0 heterocycles. The number of benzene rings is 2. The summed E-state index contributed by atoms with van der Waals surface area (Å²) in [6, 6.07) is 12.9. The van der Waals surface area contributed by atoms with E-state index in [9.17, 15) is 0 Å². The predicted molar refractivity (Wildman–Crippen MR) is 84.3 cm³/mol. The first-order valence-corrected chi connectivity index (χ1v) is 7.05. The smallest absolute Gasteiger partial charge is 0.146 e. The van der Waals surface area contributed by atoms with Gasteiger partial charge in [0.1, 0.15) is 23.0 Å². The van der Waals surface area contributed by atoms with E-state index in [1.165, 1.54) is 0 Å². The van der Waals surface area contributed by atoms with Crippen molar-refractivity contribution in [2.24, 2.45) is 0 Å². The fourth-order valence-corrected chi connectivity index (χ4v) is 1.86. The molecule has 0 aliphatic carbocycles. The zero-order valence-electron chi connectivity index (χ0n) is 12.6. The molecule has 0 unspecified atom stereocenters. The van der Waals surface area contributed by atoms with Gasteiger partial charge < -0.3 is 19.9 Å². The summed E-state index contributed by atoms with van der Waals surface area (Å²) in [6.45, 7) is 6.48. The van der Waals surface area contributed by atoms with E-state index in [1.807, 2.05) is 51.1 Å². The van der Waals surface area contributed by atoms with Crippen LogP contribution in [0, 0.1) is 0 Å². The molecule has 112 valence electrons. The minimum absolute atomic E-state index is 0.0591. The Balaban J connectivity index is 2.17. The lowest BCUT2D eigenvalue weighted by atomic mass is 10.2. The third-order valence-corrected chi connectivity index (χ3v) is 2.70.